The zero-order valence-corrected chi connectivity index (χ0v) is 14.4. The maximum Gasteiger partial charge on any atom is 0.227 e. The second-order valence-corrected chi connectivity index (χ2v) is 6.69. The second kappa shape index (κ2) is 8.54. The van der Waals surface area contributed by atoms with Crippen LogP contribution in [-0.2, 0) is 4.79 Å². The SMILES string of the molecule is CCCC(=O)N(c1ccccc1)C1CCCC(Cl)CC1NC. The van der Waals surface area contributed by atoms with Gasteiger partial charge in [0, 0.05) is 23.5 Å². The van der Waals surface area contributed by atoms with Crippen LogP contribution in [-0.4, -0.2) is 30.4 Å². The van der Waals surface area contributed by atoms with E-state index in [-0.39, 0.29) is 23.4 Å². The quantitative estimate of drug-likeness (QED) is 0.657. The number of rotatable bonds is 5. The first-order chi connectivity index (χ1) is 10.7. The van der Waals surface area contributed by atoms with E-state index < -0.39 is 0 Å². The molecule has 1 saturated carbocycles. The van der Waals surface area contributed by atoms with Crippen molar-refractivity contribution in [2.24, 2.45) is 0 Å². The third-order valence-electron chi connectivity index (χ3n) is 4.46. The smallest absolute Gasteiger partial charge is 0.227 e. The average molecular weight is 323 g/mol. The average Bonchev–Trinajstić information content (AvgIpc) is 2.70. The van der Waals surface area contributed by atoms with Crippen molar-refractivity contribution < 1.29 is 4.79 Å². The van der Waals surface area contributed by atoms with Crippen molar-refractivity contribution in [3.05, 3.63) is 30.3 Å². The summed E-state index contributed by atoms with van der Waals surface area (Å²) >= 11 is 6.41. The van der Waals surface area contributed by atoms with Gasteiger partial charge in [0.25, 0.3) is 0 Å². The minimum absolute atomic E-state index is 0.176. The van der Waals surface area contributed by atoms with Gasteiger partial charge in [-0.3, -0.25) is 4.79 Å². The third kappa shape index (κ3) is 4.23. The molecule has 2 rings (SSSR count). The molecule has 0 spiro atoms. The number of carbonyl (C=O) groups is 1. The Bertz CT molecular complexity index is 465. The van der Waals surface area contributed by atoms with Gasteiger partial charge in [-0.1, -0.05) is 25.1 Å². The Kier molecular flexibility index (Phi) is 6.71. The van der Waals surface area contributed by atoms with Crippen molar-refractivity contribution in [2.75, 3.05) is 11.9 Å². The molecule has 1 aliphatic carbocycles. The van der Waals surface area contributed by atoms with E-state index in [0.717, 1.165) is 37.8 Å². The Labute approximate surface area is 139 Å². The molecule has 4 heteroatoms. The molecule has 0 radical (unpaired) electrons. The maximum absolute atomic E-state index is 12.8. The van der Waals surface area contributed by atoms with Gasteiger partial charge in [-0.15, -0.1) is 11.6 Å². The molecule has 1 amide bonds. The lowest BCUT2D eigenvalue weighted by molar-refractivity contribution is -0.119. The molecule has 1 aliphatic rings. The minimum atomic E-state index is 0.176. The maximum atomic E-state index is 12.8. The zero-order chi connectivity index (χ0) is 15.9. The van der Waals surface area contributed by atoms with Gasteiger partial charge in [0.05, 0.1) is 6.04 Å². The van der Waals surface area contributed by atoms with Crippen molar-refractivity contribution in [3.8, 4) is 0 Å². The molecule has 1 aromatic rings. The number of hydrogen-bond acceptors (Lipinski definition) is 2. The molecule has 3 nitrogen and oxygen atoms in total. The fraction of sp³-hybridized carbons (Fsp3) is 0.611. The molecule has 0 bridgehead atoms. The van der Waals surface area contributed by atoms with Gasteiger partial charge >= 0.3 is 0 Å². The van der Waals surface area contributed by atoms with E-state index in [9.17, 15) is 4.79 Å². The number of nitrogens with zero attached hydrogens (tertiary/aromatic N) is 1. The lowest BCUT2D eigenvalue weighted by Crippen LogP contribution is -2.51. The molecule has 1 N–H and O–H groups in total. The van der Waals surface area contributed by atoms with Crippen LogP contribution in [0.1, 0.15) is 45.4 Å². The van der Waals surface area contributed by atoms with Crippen LogP contribution >= 0.6 is 11.6 Å². The van der Waals surface area contributed by atoms with Crippen molar-refractivity contribution in [1.82, 2.24) is 5.32 Å². The van der Waals surface area contributed by atoms with E-state index in [0.29, 0.717) is 6.42 Å². The molecule has 22 heavy (non-hydrogen) atoms. The zero-order valence-electron chi connectivity index (χ0n) is 13.6. The highest BCUT2D eigenvalue weighted by Gasteiger charge is 2.33. The van der Waals surface area contributed by atoms with Crippen LogP contribution in [0.4, 0.5) is 5.69 Å². The number of halogens is 1. The number of carbonyl (C=O) groups excluding carboxylic acids is 1. The summed E-state index contributed by atoms with van der Waals surface area (Å²) < 4.78 is 0. The summed E-state index contributed by atoms with van der Waals surface area (Å²) in [5.74, 6) is 0.215. The van der Waals surface area contributed by atoms with Gasteiger partial charge in [0.15, 0.2) is 0 Å². The lowest BCUT2D eigenvalue weighted by atomic mass is 9.99. The van der Waals surface area contributed by atoms with E-state index in [1.165, 1.54) is 0 Å². The van der Waals surface area contributed by atoms with Crippen LogP contribution in [0.25, 0.3) is 0 Å². The normalized spacial score (nSPS) is 25.5. The van der Waals surface area contributed by atoms with Crippen LogP contribution in [0.5, 0.6) is 0 Å². The summed E-state index contributed by atoms with van der Waals surface area (Å²) in [6, 6.07) is 10.5. The van der Waals surface area contributed by atoms with E-state index in [4.69, 9.17) is 11.6 Å². The summed E-state index contributed by atoms with van der Waals surface area (Å²) in [6.45, 7) is 2.05. The Morgan fingerprint density at radius 3 is 2.68 bits per heavy atom. The summed E-state index contributed by atoms with van der Waals surface area (Å²) in [6.07, 6.45) is 5.47. The van der Waals surface area contributed by atoms with Crippen molar-refractivity contribution in [3.63, 3.8) is 0 Å². The number of benzene rings is 1. The molecule has 0 aliphatic heterocycles. The standard InChI is InChI=1S/C18H27ClN2O/c1-3-8-18(22)21(15-10-5-4-6-11-15)17-12-7-9-14(19)13-16(17)20-2/h4-6,10-11,14,16-17,20H,3,7-9,12-13H2,1-2H3. The first-order valence-electron chi connectivity index (χ1n) is 8.35. The number of likely N-dealkylation sites (N-methyl/N-ethyl adjacent to an activating group) is 1. The molecule has 0 aromatic heterocycles. The van der Waals surface area contributed by atoms with Crippen LogP contribution < -0.4 is 10.2 Å². The first-order valence-corrected chi connectivity index (χ1v) is 8.79. The Morgan fingerprint density at radius 2 is 2.05 bits per heavy atom. The Morgan fingerprint density at radius 1 is 1.32 bits per heavy atom. The topological polar surface area (TPSA) is 32.3 Å². The largest absolute Gasteiger partial charge is 0.315 e. The molecule has 1 aromatic carbocycles. The number of alkyl halides is 1. The van der Waals surface area contributed by atoms with Gasteiger partial charge in [-0.2, -0.15) is 0 Å². The summed E-state index contributed by atoms with van der Waals surface area (Å²) in [7, 11) is 1.97. The second-order valence-electron chi connectivity index (χ2n) is 6.08. The highest BCUT2D eigenvalue weighted by Crippen LogP contribution is 2.29. The summed E-state index contributed by atoms with van der Waals surface area (Å²) in [4.78, 5) is 14.8. The van der Waals surface area contributed by atoms with E-state index in [2.05, 4.69) is 12.2 Å². The predicted octanol–water partition coefficient (Wildman–Crippen LogP) is 3.96. The third-order valence-corrected chi connectivity index (χ3v) is 4.86. The highest BCUT2D eigenvalue weighted by atomic mass is 35.5. The summed E-state index contributed by atoms with van der Waals surface area (Å²) in [5, 5.41) is 3.59. The molecular weight excluding hydrogens is 296 g/mol. The van der Waals surface area contributed by atoms with Gasteiger partial charge < -0.3 is 10.2 Å². The van der Waals surface area contributed by atoms with E-state index in [1.54, 1.807) is 0 Å². The first kappa shape index (κ1) is 17.3. The van der Waals surface area contributed by atoms with Crippen molar-refractivity contribution in [1.29, 1.82) is 0 Å². The van der Waals surface area contributed by atoms with Crippen LogP contribution in [0.3, 0.4) is 0 Å². The predicted molar refractivity (Wildman–Crippen MR) is 93.6 cm³/mol. The van der Waals surface area contributed by atoms with E-state index >= 15 is 0 Å². The van der Waals surface area contributed by atoms with Gasteiger partial charge in [-0.25, -0.2) is 0 Å². The number of para-hydroxylation sites is 1. The Hall–Kier alpha value is -1.06. The molecule has 3 unspecified atom stereocenters. The lowest BCUT2D eigenvalue weighted by Gasteiger charge is -2.36. The van der Waals surface area contributed by atoms with Gasteiger partial charge in [-0.05, 0) is 51.3 Å². The van der Waals surface area contributed by atoms with Gasteiger partial charge in [0.2, 0.25) is 5.91 Å². The minimum Gasteiger partial charge on any atom is -0.315 e. The summed E-state index contributed by atoms with van der Waals surface area (Å²) in [5.41, 5.74) is 0.999. The van der Waals surface area contributed by atoms with Crippen LogP contribution in [0, 0.1) is 0 Å². The number of amides is 1. The molecule has 0 heterocycles. The molecule has 0 saturated heterocycles. The van der Waals surface area contributed by atoms with Crippen LogP contribution in [0.2, 0.25) is 0 Å². The van der Waals surface area contributed by atoms with E-state index in [1.807, 2.05) is 42.3 Å². The molecule has 122 valence electrons. The number of anilines is 1. The molecular formula is C18H27ClN2O. The monoisotopic (exact) mass is 322 g/mol. The molecule has 1 fully saturated rings. The van der Waals surface area contributed by atoms with Crippen molar-refractivity contribution >= 4 is 23.2 Å². The number of hydrogen-bond donors (Lipinski definition) is 1. The Balaban J connectivity index is 2.31. The van der Waals surface area contributed by atoms with Crippen LogP contribution in [0.15, 0.2) is 30.3 Å². The number of nitrogens with one attached hydrogen (secondary N) is 1. The highest BCUT2D eigenvalue weighted by molar-refractivity contribution is 6.20. The fourth-order valence-electron chi connectivity index (χ4n) is 3.36. The molecule has 3 atom stereocenters. The van der Waals surface area contributed by atoms with Crippen molar-refractivity contribution in [2.45, 2.75) is 62.9 Å². The van der Waals surface area contributed by atoms with Gasteiger partial charge in [0.1, 0.15) is 0 Å². The fourth-order valence-corrected chi connectivity index (χ4v) is 3.71.